The highest BCUT2D eigenvalue weighted by molar-refractivity contribution is 5.79. The Bertz CT molecular complexity index is 454. The van der Waals surface area contributed by atoms with Crippen molar-refractivity contribution in [2.75, 3.05) is 18.9 Å². The normalized spacial score (nSPS) is 19.1. The zero-order valence-electron chi connectivity index (χ0n) is 12.3. The van der Waals surface area contributed by atoms with Crippen LogP contribution in [-0.4, -0.2) is 30.1 Å². The topological polar surface area (TPSA) is 55.6 Å². The van der Waals surface area contributed by atoms with Crippen molar-refractivity contribution in [2.45, 2.75) is 39.3 Å². The summed E-state index contributed by atoms with van der Waals surface area (Å²) < 4.78 is 5.43. The van der Waals surface area contributed by atoms with Gasteiger partial charge in [0.15, 0.2) is 0 Å². The van der Waals surface area contributed by atoms with Gasteiger partial charge in [-0.05, 0) is 44.4 Å². The molecule has 0 radical (unpaired) electrons. The summed E-state index contributed by atoms with van der Waals surface area (Å²) in [6.07, 6.45) is 1.90. The Labute approximate surface area is 120 Å². The lowest BCUT2D eigenvalue weighted by Gasteiger charge is -2.32. The Balaban J connectivity index is 2.08. The van der Waals surface area contributed by atoms with E-state index >= 15 is 0 Å². The van der Waals surface area contributed by atoms with Crippen LogP contribution in [0.25, 0.3) is 0 Å². The van der Waals surface area contributed by atoms with Gasteiger partial charge >= 0.3 is 0 Å². The summed E-state index contributed by atoms with van der Waals surface area (Å²) in [5, 5.41) is 0. The quantitative estimate of drug-likeness (QED) is 0.859. The summed E-state index contributed by atoms with van der Waals surface area (Å²) >= 11 is 0. The number of amides is 1. The molecule has 2 N–H and O–H groups in total. The molecule has 1 unspecified atom stereocenters. The minimum Gasteiger partial charge on any atom is -0.399 e. The lowest BCUT2D eigenvalue weighted by molar-refractivity contribution is -0.142. The minimum absolute atomic E-state index is 0.00668. The molecule has 1 atom stereocenters. The Kier molecular flexibility index (Phi) is 5.01. The number of carbonyl (C=O) groups is 1. The molecule has 1 aliphatic heterocycles. The number of rotatable bonds is 4. The number of nitrogen functional groups attached to an aromatic ring is 1. The molecule has 1 aromatic carbocycles. The summed E-state index contributed by atoms with van der Waals surface area (Å²) in [6, 6.07) is 7.90. The van der Waals surface area contributed by atoms with E-state index in [1.54, 1.807) is 0 Å². The molecular formula is C16H24N2O2. The molecule has 0 saturated carbocycles. The molecule has 1 heterocycles. The molecule has 2 rings (SSSR count). The maximum atomic E-state index is 12.6. The van der Waals surface area contributed by atoms with Crippen molar-refractivity contribution in [1.82, 2.24) is 4.90 Å². The first-order chi connectivity index (χ1) is 9.58. The Morgan fingerprint density at radius 2 is 2.30 bits per heavy atom. The van der Waals surface area contributed by atoms with E-state index in [-0.39, 0.29) is 17.9 Å². The van der Waals surface area contributed by atoms with Gasteiger partial charge in [-0.2, -0.15) is 0 Å². The molecule has 0 aliphatic carbocycles. The Morgan fingerprint density at radius 3 is 2.90 bits per heavy atom. The van der Waals surface area contributed by atoms with Crippen molar-refractivity contribution in [1.29, 1.82) is 0 Å². The highest BCUT2D eigenvalue weighted by Crippen LogP contribution is 2.20. The number of carbonyl (C=O) groups excluding carboxylic acids is 1. The van der Waals surface area contributed by atoms with E-state index in [1.807, 2.05) is 43.0 Å². The van der Waals surface area contributed by atoms with Crippen molar-refractivity contribution in [3.63, 3.8) is 0 Å². The second-order valence-electron chi connectivity index (χ2n) is 5.72. The van der Waals surface area contributed by atoms with Gasteiger partial charge in [-0.25, -0.2) is 0 Å². The summed E-state index contributed by atoms with van der Waals surface area (Å²) in [4.78, 5) is 14.6. The maximum Gasteiger partial charge on any atom is 0.228 e. The van der Waals surface area contributed by atoms with Crippen molar-refractivity contribution in [2.24, 2.45) is 5.92 Å². The molecule has 1 saturated heterocycles. The van der Waals surface area contributed by atoms with Gasteiger partial charge in [0.2, 0.25) is 5.91 Å². The van der Waals surface area contributed by atoms with Gasteiger partial charge in [0.1, 0.15) is 0 Å². The predicted octanol–water partition coefficient (Wildman–Crippen LogP) is 2.43. The monoisotopic (exact) mass is 276 g/mol. The number of benzene rings is 1. The van der Waals surface area contributed by atoms with Gasteiger partial charge in [0, 0.05) is 24.9 Å². The van der Waals surface area contributed by atoms with E-state index in [4.69, 9.17) is 10.5 Å². The third-order valence-electron chi connectivity index (χ3n) is 3.72. The molecule has 0 spiro atoms. The van der Waals surface area contributed by atoms with Crippen LogP contribution in [0.1, 0.15) is 32.3 Å². The van der Waals surface area contributed by atoms with Crippen molar-refractivity contribution >= 4 is 11.6 Å². The lowest BCUT2D eigenvalue weighted by atomic mass is 9.99. The minimum atomic E-state index is 0.00668. The van der Waals surface area contributed by atoms with Crippen LogP contribution in [0, 0.1) is 5.92 Å². The smallest absolute Gasteiger partial charge is 0.228 e. The van der Waals surface area contributed by atoms with Crippen LogP contribution >= 0.6 is 0 Å². The zero-order chi connectivity index (χ0) is 14.5. The van der Waals surface area contributed by atoms with E-state index in [9.17, 15) is 4.79 Å². The third-order valence-corrected chi connectivity index (χ3v) is 3.72. The maximum absolute atomic E-state index is 12.6. The highest BCUT2D eigenvalue weighted by Gasteiger charge is 2.28. The molecule has 1 aromatic rings. The van der Waals surface area contributed by atoms with E-state index in [1.165, 1.54) is 0 Å². The first-order valence-corrected chi connectivity index (χ1v) is 7.30. The van der Waals surface area contributed by atoms with Gasteiger partial charge in [-0.3, -0.25) is 4.79 Å². The third kappa shape index (κ3) is 3.73. The van der Waals surface area contributed by atoms with Crippen LogP contribution in [0.2, 0.25) is 0 Å². The molecule has 4 nitrogen and oxygen atoms in total. The van der Waals surface area contributed by atoms with Crippen LogP contribution < -0.4 is 5.73 Å². The van der Waals surface area contributed by atoms with Gasteiger partial charge < -0.3 is 15.4 Å². The summed E-state index contributed by atoms with van der Waals surface area (Å²) in [6.45, 7) is 6.04. The second-order valence-corrected chi connectivity index (χ2v) is 5.72. The SMILES string of the molecule is CC(C)N(Cc1cccc(N)c1)C(=O)C1CCCOC1. The number of anilines is 1. The number of nitrogens with two attached hydrogens (primary N) is 1. The first-order valence-electron chi connectivity index (χ1n) is 7.30. The number of nitrogens with zero attached hydrogens (tertiary/aromatic N) is 1. The number of hydrogen-bond donors (Lipinski definition) is 1. The van der Waals surface area contributed by atoms with Crippen LogP contribution in [0.15, 0.2) is 24.3 Å². The molecular weight excluding hydrogens is 252 g/mol. The van der Waals surface area contributed by atoms with Crippen LogP contribution in [-0.2, 0) is 16.1 Å². The lowest BCUT2D eigenvalue weighted by Crippen LogP contribution is -2.42. The fraction of sp³-hybridized carbons (Fsp3) is 0.562. The summed E-state index contributed by atoms with van der Waals surface area (Å²) in [7, 11) is 0. The highest BCUT2D eigenvalue weighted by atomic mass is 16.5. The standard InChI is InChI=1S/C16H24N2O2/c1-12(2)18(10-13-5-3-7-15(17)9-13)16(19)14-6-4-8-20-11-14/h3,5,7,9,12,14H,4,6,8,10-11,17H2,1-2H3. The van der Waals surface area contributed by atoms with Crippen LogP contribution in [0.5, 0.6) is 0 Å². The summed E-state index contributed by atoms with van der Waals surface area (Å²) in [5.41, 5.74) is 7.61. The fourth-order valence-corrected chi connectivity index (χ4v) is 2.57. The van der Waals surface area contributed by atoms with E-state index in [0.29, 0.717) is 13.2 Å². The van der Waals surface area contributed by atoms with E-state index in [0.717, 1.165) is 30.7 Å². The van der Waals surface area contributed by atoms with Crippen molar-refractivity contribution < 1.29 is 9.53 Å². The van der Waals surface area contributed by atoms with Crippen molar-refractivity contribution in [3.8, 4) is 0 Å². The van der Waals surface area contributed by atoms with Gasteiger partial charge in [-0.15, -0.1) is 0 Å². The Hall–Kier alpha value is -1.55. The predicted molar refractivity (Wildman–Crippen MR) is 80.1 cm³/mol. The zero-order valence-corrected chi connectivity index (χ0v) is 12.3. The van der Waals surface area contributed by atoms with Gasteiger partial charge in [-0.1, -0.05) is 12.1 Å². The molecule has 110 valence electrons. The number of ether oxygens (including phenoxy) is 1. The van der Waals surface area contributed by atoms with Gasteiger partial charge in [0.05, 0.1) is 12.5 Å². The molecule has 1 fully saturated rings. The average Bonchev–Trinajstić information content (AvgIpc) is 2.45. The fourth-order valence-electron chi connectivity index (χ4n) is 2.57. The molecule has 0 bridgehead atoms. The molecule has 1 aliphatic rings. The largest absolute Gasteiger partial charge is 0.399 e. The molecule has 1 amide bonds. The number of hydrogen-bond acceptors (Lipinski definition) is 3. The molecule has 4 heteroatoms. The molecule has 20 heavy (non-hydrogen) atoms. The average molecular weight is 276 g/mol. The van der Waals surface area contributed by atoms with Gasteiger partial charge in [0.25, 0.3) is 0 Å². The first kappa shape index (κ1) is 14.9. The second kappa shape index (κ2) is 6.75. The summed E-state index contributed by atoms with van der Waals surface area (Å²) in [5.74, 6) is 0.203. The Morgan fingerprint density at radius 1 is 1.50 bits per heavy atom. The van der Waals surface area contributed by atoms with E-state index < -0.39 is 0 Å². The van der Waals surface area contributed by atoms with Crippen LogP contribution in [0.4, 0.5) is 5.69 Å². The van der Waals surface area contributed by atoms with E-state index in [2.05, 4.69) is 0 Å². The molecule has 0 aromatic heterocycles. The van der Waals surface area contributed by atoms with Crippen molar-refractivity contribution in [3.05, 3.63) is 29.8 Å². The van der Waals surface area contributed by atoms with Crippen LogP contribution in [0.3, 0.4) is 0 Å².